The molecule has 0 aliphatic carbocycles. The Kier molecular flexibility index (Phi) is 5.94. The average Bonchev–Trinajstić information content (AvgIpc) is 3.11. The highest BCUT2D eigenvalue weighted by atomic mass is 16.6. The summed E-state index contributed by atoms with van der Waals surface area (Å²) in [5.41, 5.74) is 3.53. The quantitative estimate of drug-likeness (QED) is 0.308. The Morgan fingerprint density at radius 2 is 1.71 bits per heavy atom. The second kappa shape index (κ2) is 9.13. The van der Waals surface area contributed by atoms with Gasteiger partial charge in [0.05, 0.1) is 5.56 Å². The molecule has 1 heterocycles. The van der Waals surface area contributed by atoms with Crippen LogP contribution in [0.2, 0.25) is 0 Å². The van der Waals surface area contributed by atoms with E-state index in [0.717, 1.165) is 16.7 Å². The predicted octanol–water partition coefficient (Wildman–Crippen LogP) is 5.08. The number of hydrogen-bond acceptors (Lipinski definition) is 5. The summed E-state index contributed by atoms with van der Waals surface area (Å²) in [4.78, 5) is 24.2. The molecule has 0 bridgehead atoms. The summed E-state index contributed by atoms with van der Waals surface area (Å²) in [5, 5.41) is 0. The van der Waals surface area contributed by atoms with Crippen LogP contribution in [0.25, 0.3) is 17.2 Å². The van der Waals surface area contributed by atoms with Crippen molar-refractivity contribution in [3.05, 3.63) is 102 Å². The highest BCUT2D eigenvalue weighted by Gasteiger charge is 2.27. The average molecular weight is 412 g/mol. The third kappa shape index (κ3) is 4.73. The maximum Gasteiger partial charge on any atom is 0.344 e. The van der Waals surface area contributed by atoms with Crippen LogP contribution in [-0.4, -0.2) is 25.0 Å². The zero-order valence-electron chi connectivity index (χ0n) is 16.7. The lowest BCUT2D eigenvalue weighted by molar-refractivity contribution is -0.144. The smallest absolute Gasteiger partial charge is 0.344 e. The lowest BCUT2D eigenvalue weighted by atomic mass is 10.0. The van der Waals surface area contributed by atoms with Crippen molar-refractivity contribution < 1.29 is 23.8 Å². The molecule has 0 saturated heterocycles. The molecule has 0 fully saturated rings. The van der Waals surface area contributed by atoms with Crippen molar-refractivity contribution in [1.82, 2.24) is 0 Å². The van der Waals surface area contributed by atoms with Crippen LogP contribution in [0.1, 0.15) is 15.9 Å². The Morgan fingerprint density at radius 3 is 2.45 bits per heavy atom. The number of Topliss-reactive ketones (excluding diaryl/α,β-unsaturated/α-hetero) is 1. The zero-order valence-corrected chi connectivity index (χ0v) is 16.7. The molecule has 0 atom stereocenters. The molecule has 1 aliphatic rings. The molecular formula is C26H20O5. The number of carbonyl (C=O) groups excluding carboxylic acids is 2. The van der Waals surface area contributed by atoms with Crippen LogP contribution in [0.4, 0.5) is 0 Å². The van der Waals surface area contributed by atoms with Crippen molar-refractivity contribution in [1.29, 1.82) is 0 Å². The van der Waals surface area contributed by atoms with E-state index in [-0.39, 0.29) is 24.8 Å². The molecule has 0 N–H and O–H groups in total. The van der Waals surface area contributed by atoms with Gasteiger partial charge in [-0.25, -0.2) is 4.79 Å². The number of fused-ring (bicyclic) bond motifs is 1. The van der Waals surface area contributed by atoms with E-state index >= 15 is 0 Å². The first-order valence-electron chi connectivity index (χ1n) is 9.77. The van der Waals surface area contributed by atoms with E-state index in [9.17, 15) is 9.59 Å². The van der Waals surface area contributed by atoms with Gasteiger partial charge in [-0.1, -0.05) is 67.3 Å². The minimum absolute atomic E-state index is 0.129. The topological polar surface area (TPSA) is 61.8 Å². The number of ketones is 1. The zero-order chi connectivity index (χ0) is 21.6. The highest BCUT2D eigenvalue weighted by molar-refractivity contribution is 6.14. The monoisotopic (exact) mass is 412 g/mol. The van der Waals surface area contributed by atoms with Crippen molar-refractivity contribution in [3.8, 4) is 22.6 Å². The van der Waals surface area contributed by atoms with E-state index in [1.807, 2.05) is 54.6 Å². The number of carbonyl (C=O) groups is 2. The molecule has 0 radical (unpaired) electrons. The van der Waals surface area contributed by atoms with Crippen LogP contribution in [0, 0.1) is 0 Å². The summed E-state index contributed by atoms with van der Waals surface area (Å²) >= 11 is 0. The fourth-order valence-corrected chi connectivity index (χ4v) is 3.15. The Bertz CT molecular complexity index is 1140. The minimum atomic E-state index is -0.503. The summed E-state index contributed by atoms with van der Waals surface area (Å²) in [6, 6.07) is 22.8. The molecule has 4 rings (SSSR count). The largest absolute Gasteiger partial charge is 0.482 e. The fraction of sp³-hybridized carbons (Fsp3) is 0.0769. The van der Waals surface area contributed by atoms with E-state index in [2.05, 4.69) is 6.58 Å². The Morgan fingerprint density at radius 1 is 0.968 bits per heavy atom. The van der Waals surface area contributed by atoms with Gasteiger partial charge >= 0.3 is 5.97 Å². The summed E-state index contributed by atoms with van der Waals surface area (Å²) < 4.78 is 16.0. The van der Waals surface area contributed by atoms with Crippen LogP contribution in [-0.2, 0) is 9.53 Å². The van der Waals surface area contributed by atoms with E-state index in [1.54, 1.807) is 24.3 Å². The highest BCUT2D eigenvalue weighted by Crippen LogP contribution is 2.35. The molecule has 0 spiro atoms. The molecule has 0 amide bonds. The molecule has 0 aromatic heterocycles. The van der Waals surface area contributed by atoms with E-state index < -0.39 is 5.97 Å². The van der Waals surface area contributed by atoms with Crippen LogP contribution < -0.4 is 9.47 Å². The molecule has 5 nitrogen and oxygen atoms in total. The normalized spacial score (nSPS) is 13.4. The van der Waals surface area contributed by atoms with Gasteiger partial charge in [0.15, 0.2) is 12.4 Å². The first-order valence-corrected chi connectivity index (χ1v) is 9.77. The molecule has 154 valence electrons. The maximum atomic E-state index is 12.7. The molecule has 3 aromatic carbocycles. The van der Waals surface area contributed by atoms with Gasteiger partial charge in [-0.05, 0) is 34.9 Å². The van der Waals surface area contributed by atoms with Gasteiger partial charge in [0.1, 0.15) is 18.1 Å². The summed E-state index contributed by atoms with van der Waals surface area (Å²) in [6.07, 6.45) is 3.19. The summed E-state index contributed by atoms with van der Waals surface area (Å²) in [7, 11) is 0. The van der Waals surface area contributed by atoms with Gasteiger partial charge in [-0.3, -0.25) is 4.79 Å². The molecule has 3 aromatic rings. The standard InChI is InChI=1S/C26H20O5/c1-2-14-29-25(27)17-30-21-12-13-22-23(16-21)31-24(26(22)28)15-18-8-10-20(11-9-18)19-6-4-3-5-7-19/h2-13,15-16H,1,14,17H2/b24-15-. The van der Waals surface area contributed by atoms with E-state index in [4.69, 9.17) is 14.2 Å². The lowest BCUT2D eigenvalue weighted by Gasteiger charge is -2.06. The SMILES string of the molecule is C=CCOC(=O)COc1ccc2c(c1)O/C(=C\c1ccc(-c3ccccc3)cc1)C2=O. The number of rotatable bonds is 7. The number of allylic oxidation sites excluding steroid dienone is 1. The van der Waals surface area contributed by atoms with E-state index in [0.29, 0.717) is 17.1 Å². The van der Waals surface area contributed by atoms with Gasteiger partial charge in [-0.15, -0.1) is 0 Å². The second-order valence-corrected chi connectivity index (χ2v) is 6.85. The molecule has 5 heteroatoms. The van der Waals surface area contributed by atoms with Crippen molar-refractivity contribution >= 4 is 17.8 Å². The third-order valence-corrected chi connectivity index (χ3v) is 4.68. The Balaban J connectivity index is 1.45. The third-order valence-electron chi connectivity index (χ3n) is 4.68. The lowest BCUT2D eigenvalue weighted by Crippen LogP contribution is -2.14. The molecular weight excluding hydrogens is 392 g/mol. The van der Waals surface area contributed by atoms with Gasteiger partial charge in [-0.2, -0.15) is 0 Å². The summed E-state index contributed by atoms with van der Waals surface area (Å²) in [5.74, 6) is 0.352. The van der Waals surface area contributed by atoms with Crippen LogP contribution >= 0.6 is 0 Å². The number of esters is 1. The maximum absolute atomic E-state index is 12.7. The number of hydrogen-bond donors (Lipinski definition) is 0. The Labute approximate surface area is 180 Å². The van der Waals surface area contributed by atoms with Crippen LogP contribution in [0.3, 0.4) is 0 Å². The number of ether oxygens (including phenoxy) is 3. The van der Waals surface area contributed by atoms with Crippen molar-refractivity contribution in [2.75, 3.05) is 13.2 Å². The second-order valence-electron chi connectivity index (χ2n) is 6.85. The van der Waals surface area contributed by atoms with Crippen molar-refractivity contribution in [2.45, 2.75) is 0 Å². The van der Waals surface area contributed by atoms with Crippen molar-refractivity contribution in [2.24, 2.45) is 0 Å². The predicted molar refractivity (Wildman–Crippen MR) is 118 cm³/mol. The molecule has 0 saturated carbocycles. The van der Waals surface area contributed by atoms with Gasteiger partial charge in [0.25, 0.3) is 0 Å². The first kappa shape index (κ1) is 20.2. The molecule has 0 unspecified atom stereocenters. The fourth-order valence-electron chi connectivity index (χ4n) is 3.15. The van der Waals surface area contributed by atoms with E-state index in [1.165, 1.54) is 6.08 Å². The molecule has 31 heavy (non-hydrogen) atoms. The number of benzene rings is 3. The van der Waals surface area contributed by atoms with Crippen LogP contribution in [0.15, 0.2) is 91.2 Å². The Hall–Kier alpha value is -4.12. The summed E-state index contributed by atoms with van der Waals surface area (Å²) in [6.45, 7) is 3.37. The van der Waals surface area contributed by atoms with Gasteiger partial charge < -0.3 is 14.2 Å². The molecule has 1 aliphatic heterocycles. The van der Waals surface area contributed by atoms with Crippen LogP contribution in [0.5, 0.6) is 11.5 Å². The van der Waals surface area contributed by atoms with Gasteiger partial charge in [0, 0.05) is 6.07 Å². The minimum Gasteiger partial charge on any atom is -0.482 e. The van der Waals surface area contributed by atoms with Crippen molar-refractivity contribution in [3.63, 3.8) is 0 Å². The first-order chi connectivity index (χ1) is 15.1. The van der Waals surface area contributed by atoms with Gasteiger partial charge in [0.2, 0.25) is 5.78 Å².